The van der Waals surface area contributed by atoms with Crippen LogP contribution < -0.4 is 5.32 Å². The van der Waals surface area contributed by atoms with Crippen LogP contribution in [0.3, 0.4) is 0 Å². The Kier molecular flexibility index (Phi) is 4.99. The van der Waals surface area contributed by atoms with E-state index in [0.29, 0.717) is 17.1 Å². The zero-order valence-electron chi connectivity index (χ0n) is 9.10. The Bertz CT molecular complexity index is 371. The topological polar surface area (TPSA) is 32.3 Å². The van der Waals surface area contributed by atoms with E-state index in [0.717, 1.165) is 0 Å². The van der Waals surface area contributed by atoms with Gasteiger partial charge in [-0.1, -0.05) is 23.2 Å². The van der Waals surface area contributed by atoms with E-state index >= 15 is 0 Å². The minimum Gasteiger partial charge on any atom is -0.392 e. The number of aliphatic hydroxyl groups is 1. The second kappa shape index (κ2) is 5.82. The van der Waals surface area contributed by atoms with Gasteiger partial charge in [0.25, 0.3) is 0 Å². The first kappa shape index (κ1) is 13.7. The minimum absolute atomic E-state index is 0.0260. The molecule has 0 amide bonds. The van der Waals surface area contributed by atoms with Gasteiger partial charge in [-0.3, -0.25) is 0 Å². The summed E-state index contributed by atoms with van der Waals surface area (Å²) in [6.07, 6.45) is -0.478. The highest BCUT2D eigenvalue weighted by atomic mass is 35.5. The van der Waals surface area contributed by atoms with Crippen LogP contribution in [0.1, 0.15) is 25.5 Å². The zero-order chi connectivity index (χ0) is 12.3. The molecular formula is C11H14Cl2FNO. The summed E-state index contributed by atoms with van der Waals surface area (Å²) in [5.41, 5.74) is 0.518. The number of aliphatic hydroxyl groups excluding tert-OH is 1. The summed E-state index contributed by atoms with van der Waals surface area (Å²) in [7, 11) is 0. The van der Waals surface area contributed by atoms with E-state index in [1.165, 1.54) is 12.1 Å². The monoisotopic (exact) mass is 265 g/mol. The standard InChI is InChI=1S/C11H14Cl2FNO/c1-6(16)5-15-7(2)10-8(12)3-4-9(14)11(10)13/h3-4,6-7,15-16H,5H2,1-2H3. The van der Waals surface area contributed by atoms with Gasteiger partial charge < -0.3 is 10.4 Å². The van der Waals surface area contributed by atoms with Gasteiger partial charge in [0.15, 0.2) is 0 Å². The summed E-state index contributed by atoms with van der Waals surface area (Å²) >= 11 is 11.8. The molecule has 2 N–H and O–H groups in total. The van der Waals surface area contributed by atoms with Crippen LogP contribution in [0.4, 0.5) is 4.39 Å². The average molecular weight is 266 g/mol. The van der Waals surface area contributed by atoms with Crippen molar-refractivity contribution in [2.24, 2.45) is 0 Å². The largest absolute Gasteiger partial charge is 0.392 e. The molecule has 1 aromatic carbocycles. The van der Waals surface area contributed by atoms with E-state index in [1.807, 2.05) is 6.92 Å². The molecule has 0 radical (unpaired) electrons. The van der Waals surface area contributed by atoms with E-state index in [-0.39, 0.29) is 11.1 Å². The SMILES string of the molecule is CC(O)CNC(C)c1c(Cl)ccc(F)c1Cl. The van der Waals surface area contributed by atoms with Crippen molar-refractivity contribution in [2.75, 3.05) is 6.54 Å². The van der Waals surface area contributed by atoms with Gasteiger partial charge in [-0.05, 0) is 26.0 Å². The third-order valence-corrected chi connectivity index (χ3v) is 2.95. The Morgan fingerprint density at radius 3 is 2.56 bits per heavy atom. The summed E-state index contributed by atoms with van der Waals surface area (Å²) in [6.45, 7) is 3.87. The van der Waals surface area contributed by atoms with E-state index < -0.39 is 11.9 Å². The number of nitrogens with one attached hydrogen (secondary N) is 1. The lowest BCUT2D eigenvalue weighted by Gasteiger charge is -2.18. The molecule has 2 atom stereocenters. The fourth-order valence-electron chi connectivity index (χ4n) is 1.39. The fraction of sp³-hybridized carbons (Fsp3) is 0.455. The Hall–Kier alpha value is -0.350. The molecule has 0 aromatic heterocycles. The maximum atomic E-state index is 13.3. The smallest absolute Gasteiger partial charge is 0.142 e. The summed E-state index contributed by atoms with van der Waals surface area (Å²) in [4.78, 5) is 0. The molecule has 0 aliphatic carbocycles. The lowest BCUT2D eigenvalue weighted by Crippen LogP contribution is -2.27. The molecule has 0 spiro atoms. The predicted octanol–water partition coefficient (Wildman–Crippen LogP) is 3.16. The lowest BCUT2D eigenvalue weighted by atomic mass is 10.1. The molecule has 0 bridgehead atoms. The second-order valence-electron chi connectivity index (χ2n) is 3.74. The molecule has 16 heavy (non-hydrogen) atoms. The van der Waals surface area contributed by atoms with E-state index in [2.05, 4.69) is 5.32 Å². The summed E-state index contributed by atoms with van der Waals surface area (Å²) in [5, 5.41) is 12.6. The van der Waals surface area contributed by atoms with Gasteiger partial charge in [-0.2, -0.15) is 0 Å². The van der Waals surface area contributed by atoms with Gasteiger partial charge in [-0.25, -0.2) is 4.39 Å². The van der Waals surface area contributed by atoms with Crippen molar-refractivity contribution in [1.29, 1.82) is 0 Å². The summed E-state index contributed by atoms with van der Waals surface area (Å²) in [6, 6.07) is 2.49. The van der Waals surface area contributed by atoms with Crippen molar-refractivity contribution < 1.29 is 9.50 Å². The maximum absolute atomic E-state index is 13.3. The Balaban J connectivity index is 2.90. The molecule has 0 aliphatic rings. The highest BCUT2D eigenvalue weighted by molar-refractivity contribution is 6.36. The molecule has 5 heteroatoms. The molecule has 0 saturated carbocycles. The average Bonchev–Trinajstić information content (AvgIpc) is 2.21. The van der Waals surface area contributed by atoms with Crippen LogP contribution in [-0.2, 0) is 0 Å². The summed E-state index contributed by atoms with van der Waals surface area (Å²) in [5.74, 6) is -0.494. The zero-order valence-corrected chi connectivity index (χ0v) is 10.6. The van der Waals surface area contributed by atoms with E-state index in [9.17, 15) is 4.39 Å². The molecule has 90 valence electrons. The van der Waals surface area contributed by atoms with E-state index in [1.54, 1.807) is 6.92 Å². The first-order valence-electron chi connectivity index (χ1n) is 4.98. The van der Waals surface area contributed by atoms with Gasteiger partial charge in [0.05, 0.1) is 11.1 Å². The van der Waals surface area contributed by atoms with Crippen molar-refractivity contribution in [3.05, 3.63) is 33.6 Å². The number of hydrogen-bond donors (Lipinski definition) is 2. The third kappa shape index (κ3) is 3.32. The maximum Gasteiger partial charge on any atom is 0.142 e. The minimum atomic E-state index is -0.494. The normalized spacial score (nSPS) is 14.9. The number of benzene rings is 1. The highest BCUT2D eigenvalue weighted by Gasteiger charge is 2.16. The molecule has 1 aromatic rings. The fourth-order valence-corrected chi connectivity index (χ4v) is 2.09. The molecular weight excluding hydrogens is 252 g/mol. The molecule has 0 saturated heterocycles. The van der Waals surface area contributed by atoms with Crippen molar-refractivity contribution in [2.45, 2.75) is 26.0 Å². The quantitative estimate of drug-likeness (QED) is 0.820. The van der Waals surface area contributed by atoms with Gasteiger partial charge in [0.2, 0.25) is 0 Å². The predicted molar refractivity (Wildman–Crippen MR) is 64.5 cm³/mol. The van der Waals surface area contributed by atoms with E-state index in [4.69, 9.17) is 28.3 Å². The van der Waals surface area contributed by atoms with Crippen LogP contribution in [0.25, 0.3) is 0 Å². The van der Waals surface area contributed by atoms with Gasteiger partial charge in [0.1, 0.15) is 5.82 Å². The lowest BCUT2D eigenvalue weighted by molar-refractivity contribution is 0.187. The molecule has 0 heterocycles. The van der Waals surface area contributed by atoms with Crippen LogP contribution in [0, 0.1) is 5.82 Å². The Labute approximate surface area is 104 Å². The number of hydrogen-bond acceptors (Lipinski definition) is 2. The molecule has 0 aliphatic heterocycles. The highest BCUT2D eigenvalue weighted by Crippen LogP contribution is 2.32. The van der Waals surface area contributed by atoms with Crippen molar-refractivity contribution >= 4 is 23.2 Å². The molecule has 2 unspecified atom stereocenters. The number of halogens is 3. The first-order chi connectivity index (χ1) is 7.43. The summed E-state index contributed by atoms with van der Waals surface area (Å²) < 4.78 is 13.3. The molecule has 0 fully saturated rings. The van der Waals surface area contributed by atoms with Gasteiger partial charge in [0, 0.05) is 23.2 Å². The second-order valence-corrected chi connectivity index (χ2v) is 4.52. The van der Waals surface area contributed by atoms with Crippen LogP contribution in [0.2, 0.25) is 10.0 Å². The Morgan fingerprint density at radius 2 is 2.00 bits per heavy atom. The van der Waals surface area contributed by atoms with Crippen LogP contribution in [-0.4, -0.2) is 17.8 Å². The molecule has 1 rings (SSSR count). The first-order valence-corrected chi connectivity index (χ1v) is 5.74. The van der Waals surface area contributed by atoms with Crippen molar-refractivity contribution in [1.82, 2.24) is 5.32 Å². The van der Waals surface area contributed by atoms with Crippen molar-refractivity contribution in [3.63, 3.8) is 0 Å². The van der Waals surface area contributed by atoms with Crippen LogP contribution in [0.5, 0.6) is 0 Å². The van der Waals surface area contributed by atoms with Crippen molar-refractivity contribution in [3.8, 4) is 0 Å². The van der Waals surface area contributed by atoms with Gasteiger partial charge >= 0.3 is 0 Å². The Morgan fingerprint density at radius 1 is 1.38 bits per heavy atom. The van der Waals surface area contributed by atoms with Crippen LogP contribution in [0.15, 0.2) is 12.1 Å². The third-order valence-electron chi connectivity index (χ3n) is 2.23. The van der Waals surface area contributed by atoms with Gasteiger partial charge in [-0.15, -0.1) is 0 Å². The number of rotatable bonds is 4. The van der Waals surface area contributed by atoms with Crippen LogP contribution >= 0.6 is 23.2 Å². The molecule has 2 nitrogen and oxygen atoms in total.